The van der Waals surface area contributed by atoms with Crippen LogP contribution in [0.2, 0.25) is 0 Å². The molecule has 1 fully saturated rings. The lowest BCUT2D eigenvalue weighted by Gasteiger charge is -2.38. The van der Waals surface area contributed by atoms with E-state index < -0.39 is 0 Å². The van der Waals surface area contributed by atoms with Crippen molar-refractivity contribution in [2.45, 2.75) is 32.9 Å². The Hall–Kier alpha value is -0.160. The van der Waals surface area contributed by atoms with Crippen molar-refractivity contribution in [3.8, 4) is 0 Å². The molecule has 0 aromatic carbocycles. The van der Waals surface area contributed by atoms with Crippen molar-refractivity contribution in [2.75, 3.05) is 45.9 Å². The van der Waals surface area contributed by atoms with E-state index in [1.54, 1.807) is 0 Å². The van der Waals surface area contributed by atoms with Crippen LogP contribution in [0.1, 0.15) is 20.8 Å². The van der Waals surface area contributed by atoms with Crippen LogP contribution < -0.4 is 5.73 Å². The molecule has 0 aliphatic carbocycles. The highest BCUT2D eigenvalue weighted by atomic mass is 16.5. The first kappa shape index (κ1) is 13.9. The Morgan fingerprint density at radius 2 is 1.81 bits per heavy atom. The molecule has 0 aromatic heterocycles. The van der Waals surface area contributed by atoms with Crippen LogP contribution in [0.5, 0.6) is 0 Å². The maximum Gasteiger partial charge on any atom is 0.0823 e. The molecule has 1 rings (SSSR count). The van der Waals surface area contributed by atoms with Crippen molar-refractivity contribution >= 4 is 0 Å². The Morgan fingerprint density at radius 1 is 1.19 bits per heavy atom. The average molecular weight is 229 g/mol. The highest BCUT2D eigenvalue weighted by molar-refractivity contribution is 4.76. The van der Waals surface area contributed by atoms with Crippen molar-refractivity contribution in [3.63, 3.8) is 0 Å². The normalized spacial score (nSPS) is 21.6. The topological polar surface area (TPSA) is 41.7 Å². The molecule has 0 bridgehead atoms. The minimum atomic E-state index is 0.204. The molecule has 0 amide bonds. The third-order valence-corrected chi connectivity index (χ3v) is 3.26. The minimum Gasteiger partial charge on any atom is -0.376 e. The standard InChI is InChI=1S/C12H27N3O/c1-4-16-12(9-13)10-14-5-7-15(8-6-14)11(2)3/h11-12H,4-10,13H2,1-3H3. The SMILES string of the molecule is CCOC(CN)CN1CCN(C(C)C)CC1. The fourth-order valence-electron chi connectivity index (χ4n) is 2.18. The third kappa shape index (κ3) is 4.37. The summed E-state index contributed by atoms with van der Waals surface area (Å²) in [4.78, 5) is 4.99. The second-order valence-corrected chi connectivity index (χ2v) is 4.74. The van der Waals surface area contributed by atoms with Crippen LogP contribution in [-0.4, -0.2) is 67.8 Å². The summed E-state index contributed by atoms with van der Waals surface area (Å²) < 4.78 is 5.59. The average Bonchev–Trinajstić information content (AvgIpc) is 2.29. The molecule has 1 unspecified atom stereocenters. The predicted octanol–water partition coefficient (Wildman–Crippen LogP) is 0.376. The molecule has 4 nitrogen and oxygen atoms in total. The molecular formula is C12H27N3O. The summed E-state index contributed by atoms with van der Waals surface area (Å²) in [6.45, 7) is 13.5. The van der Waals surface area contributed by atoms with E-state index in [4.69, 9.17) is 10.5 Å². The van der Waals surface area contributed by atoms with Crippen LogP contribution in [0, 0.1) is 0 Å². The monoisotopic (exact) mass is 229 g/mol. The molecule has 1 atom stereocenters. The Kier molecular flexibility index (Phi) is 6.28. The van der Waals surface area contributed by atoms with Crippen molar-refractivity contribution in [3.05, 3.63) is 0 Å². The Labute approximate surface area is 99.7 Å². The highest BCUT2D eigenvalue weighted by Crippen LogP contribution is 2.06. The largest absolute Gasteiger partial charge is 0.376 e. The number of ether oxygens (including phenoxy) is 1. The number of rotatable bonds is 6. The van der Waals surface area contributed by atoms with Crippen LogP contribution in [0.15, 0.2) is 0 Å². The van der Waals surface area contributed by atoms with Gasteiger partial charge in [0, 0.05) is 51.9 Å². The van der Waals surface area contributed by atoms with E-state index >= 15 is 0 Å². The second kappa shape index (κ2) is 7.22. The van der Waals surface area contributed by atoms with E-state index in [0.717, 1.165) is 26.2 Å². The summed E-state index contributed by atoms with van der Waals surface area (Å²) in [7, 11) is 0. The first-order valence-electron chi connectivity index (χ1n) is 6.45. The van der Waals surface area contributed by atoms with E-state index in [-0.39, 0.29) is 6.10 Å². The molecule has 96 valence electrons. The van der Waals surface area contributed by atoms with Gasteiger partial charge in [0.25, 0.3) is 0 Å². The lowest BCUT2D eigenvalue weighted by atomic mass is 10.2. The number of nitrogens with zero attached hydrogens (tertiary/aromatic N) is 2. The number of hydrogen-bond donors (Lipinski definition) is 1. The van der Waals surface area contributed by atoms with Crippen LogP contribution in [0.4, 0.5) is 0 Å². The molecule has 2 N–H and O–H groups in total. The first-order valence-corrected chi connectivity index (χ1v) is 6.45. The van der Waals surface area contributed by atoms with Gasteiger partial charge in [0.15, 0.2) is 0 Å². The zero-order chi connectivity index (χ0) is 12.0. The Bertz CT molecular complexity index is 179. The summed E-state index contributed by atoms with van der Waals surface area (Å²) in [5, 5.41) is 0. The number of piperazine rings is 1. The molecule has 16 heavy (non-hydrogen) atoms. The van der Waals surface area contributed by atoms with E-state index in [2.05, 4.69) is 23.6 Å². The van der Waals surface area contributed by atoms with Gasteiger partial charge in [-0.15, -0.1) is 0 Å². The van der Waals surface area contributed by atoms with Gasteiger partial charge in [-0.3, -0.25) is 9.80 Å². The van der Waals surface area contributed by atoms with Gasteiger partial charge >= 0.3 is 0 Å². The molecule has 1 saturated heterocycles. The smallest absolute Gasteiger partial charge is 0.0823 e. The molecule has 0 aromatic rings. The van der Waals surface area contributed by atoms with Gasteiger partial charge < -0.3 is 10.5 Å². The molecule has 0 saturated carbocycles. The predicted molar refractivity (Wildman–Crippen MR) is 67.6 cm³/mol. The van der Waals surface area contributed by atoms with Crippen molar-refractivity contribution in [2.24, 2.45) is 5.73 Å². The number of nitrogens with two attached hydrogens (primary N) is 1. The minimum absolute atomic E-state index is 0.204. The van der Waals surface area contributed by atoms with E-state index in [9.17, 15) is 0 Å². The summed E-state index contributed by atoms with van der Waals surface area (Å²) in [6.07, 6.45) is 0.204. The van der Waals surface area contributed by atoms with E-state index in [1.807, 2.05) is 6.92 Å². The Balaban J connectivity index is 2.25. The number of hydrogen-bond acceptors (Lipinski definition) is 4. The maximum absolute atomic E-state index is 5.69. The molecule has 4 heteroatoms. The van der Waals surface area contributed by atoms with Gasteiger partial charge in [-0.1, -0.05) is 0 Å². The molecule has 0 radical (unpaired) electrons. The lowest BCUT2D eigenvalue weighted by Crippen LogP contribution is -2.51. The fourth-order valence-corrected chi connectivity index (χ4v) is 2.18. The quantitative estimate of drug-likeness (QED) is 0.715. The zero-order valence-corrected chi connectivity index (χ0v) is 11.0. The summed E-state index contributed by atoms with van der Waals surface area (Å²) in [5.74, 6) is 0. The molecule has 1 aliphatic heterocycles. The first-order chi connectivity index (χ1) is 7.67. The van der Waals surface area contributed by atoms with Gasteiger partial charge in [0.2, 0.25) is 0 Å². The fraction of sp³-hybridized carbons (Fsp3) is 1.00. The van der Waals surface area contributed by atoms with Crippen molar-refractivity contribution in [1.29, 1.82) is 0 Å². The van der Waals surface area contributed by atoms with Crippen LogP contribution in [0.3, 0.4) is 0 Å². The lowest BCUT2D eigenvalue weighted by molar-refractivity contribution is 0.0206. The van der Waals surface area contributed by atoms with Crippen molar-refractivity contribution in [1.82, 2.24) is 9.80 Å². The van der Waals surface area contributed by atoms with Crippen LogP contribution >= 0.6 is 0 Å². The van der Waals surface area contributed by atoms with Gasteiger partial charge in [-0.05, 0) is 20.8 Å². The van der Waals surface area contributed by atoms with Crippen LogP contribution in [-0.2, 0) is 4.74 Å². The summed E-state index contributed by atoms with van der Waals surface area (Å²) in [5.41, 5.74) is 5.69. The summed E-state index contributed by atoms with van der Waals surface area (Å²) in [6, 6.07) is 0.666. The third-order valence-electron chi connectivity index (χ3n) is 3.26. The van der Waals surface area contributed by atoms with Gasteiger partial charge in [-0.2, -0.15) is 0 Å². The Morgan fingerprint density at radius 3 is 2.25 bits per heavy atom. The zero-order valence-electron chi connectivity index (χ0n) is 11.0. The second-order valence-electron chi connectivity index (χ2n) is 4.74. The molecule has 1 aliphatic rings. The van der Waals surface area contributed by atoms with Gasteiger partial charge in [0.1, 0.15) is 0 Å². The molecular weight excluding hydrogens is 202 g/mol. The van der Waals surface area contributed by atoms with Crippen LogP contribution in [0.25, 0.3) is 0 Å². The van der Waals surface area contributed by atoms with Gasteiger partial charge in [-0.25, -0.2) is 0 Å². The maximum atomic E-state index is 5.69. The van der Waals surface area contributed by atoms with E-state index in [1.165, 1.54) is 13.1 Å². The van der Waals surface area contributed by atoms with Crippen molar-refractivity contribution < 1.29 is 4.74 Å². The molecule has 0 spiro atoms. The van der Waals surface area contributed by atoms with E-state index in [0.29, 0.717) is 12.6 Å². The summed E-state index contributed by atoms with van der Waals surface area (Å²) >= 11 is 0. The highest BCUT2D eigenvalue weighted by Gasteiger charge is 2.20. The molecule has 1 heterocycles. The van der Waals surface area contributed by atoms with Gasteiger partial charge in [0.05, 0.1) is 6.10 Å².